The van der Waals surface area contributed by atoms with Crippen LogP contribution in [-0.4, -0.2) is 23.0 Å². The molecule has 3 amide bonds. The number of hydrogen-bond acceptors (Lipinski definition) is 4. The van der Waals surface area contributed by atoms with Gasteiger partial charge in [0.2, 0.25) is 5.91 Å². The lowest BCUT2D eigenvalue weighted by Gasteiger charge is -2.14. The standard InChI is InChI=1S/C33H31N3O3S/c1-22-12-14-27(15-13-22)34-31(37)24(3)40-29-18-16-28(17-19-29)35-33(39)30(21-25-9-7-8-23(2)20-25)36-32(38)26-10-5-4-6-11-26/h4-21,24H,1-3H3,(H,34,37)(H,35,39)(H,36,38)/b30-21-. The van der Waals surface area contributed by atoms with Gasteiger partial charge in [-0.05, 0) is 80.9 Å². The van der Waals surface area contributed by atoms with Crippen molar-refractivity contribution in [3.8, 4) is 0 Å². The Balaban J connectivity index is 1.42. The largest absolute Gasteiger partial charge is 0.325 e. The van der Waals surface area contributed by atoms with E-state index < -0.39 is 5.91 Å². The maximum atomic E-state index is 13.3. The molecule has 1 unspecified atom stereocenters. The molecule has 0 heterocycles. The summed E-state index contributed by atoms with van der Waals surface area (Å²) in [4.78, 5) is 39.6. The van der Waals surface area contributed by atoms with Gasteiger partial charge in [-0.3, -0.25) is 14.4 Å². The molecule has 4 aromatic rings. The van der Waals surface area contributed by atoms with Crippen molar-refractivity contribution in [1.82, 2.24) is 5.32 Å². The molecule has 202 valence electrons. The first-order valence-corrected chi connectivity index (χ1v) is 13.8. The van der Waals surface area contributed by atoms with E-state index >= 15 is 0 Å². The van der Waals surface area contributed by atoms with E-state index in [9.17, 15) is 14.4 Å². The number of hydrogen-bond donors (Lipinski definition) is 3. The molecule has 6 nitrogen and oxygen atoms in total. The predicted molar refractivity (Wildman–Crippen MR) is 163 cm³/mol. The Bertz CT molecular complexity index is 1520. The third-order valence-corrected chi connectivity index (χ3v) is 7.11. The van der Waals surface area contributed by atoms with Gasteiger partial charge in [0.05, 0.1) is 5.25 Å². The molecule has 4 rings (SSSR count). The zero-order chi connectivity index (χ0) is 28.5. The van der Waals surface area contributed by atoms with Crippen LogP contribution in [0.2, 0.25) is 0 Å². The molecule has 7 heteroatoms. The fourth-order valence-electron chi connectivity index (χ4n) is 3.82. The quantitative estimate of drug-likeness (QED) is 0.158. The van der Waals surface area contributed by atoms with E-state index in [2.05, 4.69) is 16.0 Å². The summed E-state index contributed by atoms with van der Waals surface area (Å²) in [6, 6.07) is 31.3. The van der Waals surface area contributed by atoms with Crippen LogP contribution in [0.25, 0.3) is 6.08 Å². The van der Waals surface area contributed by atoms with E-state index in [4.69, 9.17) is 0 Å². The fourth-order valence-corrected chi connectivity index (χ4v) is 4.69. The molecule has 0 saturated heterocycles. The second kappa shape index (κ2) is 13.4. The molecule has 4 aromatic carbocycles. The SMILES string of the molecule is Cc1ccc(NC(=O)C(C)Sc2ccc(NC(=O)/C(=C/c3cccc(C)c3)NC(=O)c3ccccc3)cc2)cc1. The highest BCUT2D eigenvalue weighted by Crippen LogP contribution is 2.26. The molecule has 40 heavy (non-hydrogen) atoms. The minimum atomic E-state index is -0.447. The van der Waals surface area contributed by atoms with Gasteiger partial charge >= 0.3 is 0 Å². The number of nitrogens with one attached hydrogen (secondary N) is 3. The Morgan fingerprint density at radius 2 is 1.38 bits per heavy atom. The van der Waals surface area contributed by atoms with Crippen LogP contribution in [0.1, 0.15) is 34.0 Å². The summed E-state index contributed by atoms with van der Waals surface area (Å²) in [5, 5.41) is 8.23. The lowest BCUT2D eigenvalue weighted by atomic mass is 10.1. The topological polar surface area (TPSA) is 87.3 Å². The molecule has 0 aliphatic rings. The van der Waals surface area contributed by atoms with Crippen LogP contribution in [-0.2, 0) is 9.59 Å². The van der Waals surface area contributed by atoms with E-state index in [-0.39, 0.29) is 22.8 Å². The number of thioether (sulfide) groups is 1. The van der Waals surface area contributed by atoms with Crippen molar-refractivity contribution in [2.45, 2.75) is 30.9 Å². The summed E-state index contributed by atoms with van der Waals surface area (Å²) in [5.74, 6) is -0.914. The Morgan fingerprint density at radius 3 is 2.05 bits per heavy atom. The first-order valence-electron chi connectivity index (χ1n) is 12.9. The van der Waals surface area contributed by atoms with Crippen molar-refractivity contribution in [3.05, 3.63) is 131 Å². The van der Waals surface area contributed by atoms with Crippen molar-refractivity contribution >= 4 is 46.9 Å². The third-order valence-electron chi connectivity index (χ3n) is 6.00. The summed E-state index contributed by atoms with van der Waals surface area (Å²) >= 11 is 1.42. The van der Waals surface area contributed by atoms with Crippen LogP contribution >= 0.6 is 11.8 Å². The lowest BCUT2D eigenvalue weighted by molar-refractivity contribution is -0.115. The Morgan fingerprint density at radius 1 is 0.725 bits per heavy atom. The molecule has 0 radical (unpaired) electrons. The van der Waals surface area contributed by atoms with E-state index in [1.807, 2.05) is 87.5 Å². The van der Waals surface area contributed by atoms with Crippen molar-refractivity contribution in [3.63, 3.8) is 0 Å². The monoisotopic (exact) mass is 549 g/mol. The van der Waals surface area contributed by atoms with Crippen LogP contribution in [0.3, 0.4) is 0 Å². The minimum Gasteiger partial charge on any atom is -0.325 e. The predicted octanol–water partition coefficient (Wildman–Crippen LogP) is 6.83. The summed E-state index contributed by atoms with van der Waals surface area (Å²) in [6.07, 6.45) is 1.65. The first-order chi connectivity index (χ1) is 19.3. The molecule has 0 fully saturated rings. The summed E-state index contributed by atoms with van der Waals surface area (Å²) in [7, 11) is 0. The van der Waals surface area contributed by atoms with Gasteiger partial charge in [-0.15, -0.1) is 11.8 Å². The molecule has 0 bridgehead atoms. The lowest BCUT2D eigenvalue weighted by Crippen LogP contribution is -2.30. The van der Waals surface area contributed by atoms with E-state index in [1.165, 1.54) is 11.8 Å². The Kier molecular flexibility index (Phi) is 9.54. The molecule has 0 aliphatic carbocycles. The average molecular weight is 550 g/mol. The van der Waals surface area contributed by atoms with Gasteiger partial charge in [0, 0.05) is 21.8 Å². The molecular weight excluding hydrogens is 518 g/mol. The summed E-state index contributed by atoms with van der Waals surface area (Å²) in [6.45, 7) is 5.81. The first kappa shape index (κ1) is 28.4. The molecule has 0 aromatic heterocycles. The van der Waals surface area contributed by atoms with Crippen molar-refractivity contribution < 1.29 is 14.4 Å². The van der Waals surface area contributed by atoms with Crippen LogP contribution in [0.4, 0.5) is 11.4 Å². The highest BCUT2D eigenvalue weighted by molar-refractivity contribution is 8.00. The maximum absolute atomic E-state index is 13.3. The van der Waals surface area contributed by atoms with Crippen LogP contribution in [0, 0.1) is 13.8 Å². The van der Waals surface area contributed by atoms with E-state index in [1.54, 1.807) is 42.5 Å². The molecule has 1 atom stereocenters. The average Bonchev–Trinajstić information content (AvgIpc) is 2.95. The number of carbonyl (C=O) groups excluding carboxylic acids is 3. The zero-order valence-corrected chi connectivity index (χ0v) is 23.4. The number of anilines is 2. The number of aryl methyl sites for hydroxylation is 2. The van der Waals surface area contributed by atoms with Gasteiger partial charge in [0.25, 0.3) is 11.8 Å². The highest BCUT2D eigenvalue weighted by Gasteiger charge is 2.17. The number of benzene rings is 4. The van der Waals surface area contributed by atoms with Crippen LogP contribution in [0.15, 0.2) is 114 Å². The van der Waals surface area contributed by atoms with Gasteiger partial charge < -0.3 is 16.0 Å². The van der Waals surface area contributed by atoms with Crippen LogP contribution < -0.4 is 16.0 Å². The van der Waals surface area contributed by atoms with Crippen molar-refractivity contribution in [1.29, 1.82) is 0 Å². The molecule has 0 saturated carbocycles. The molecule has 0 aliphatic heterocycles. The van der Waals surface area contributed by atoms with E-state index in [0.29, 0.717) is 11.3 Å². The van der Waals surface area contributed by atoms with Gasteiger partial charge in [0.15, 0.2) is 0 Å². The van der Waals surface area contributed by atoms with E-state index in [0.717, 1.165) is 27.3 Å². The smallest absolute Gasteiger partial charge is 0.272 e. The van der Waals surface area contributed by atoms with Gasteiger partial charge in [0.1, 0.15) is 5.70 Å². The van der Waals surface area contributed by atoms with Crippen molar-refractivity contribution in [2.24, 2.45) is 0 Å². The zero-order valence-electron chi connectivity index (χ0n) is 22.6. The molecular formula is C33H31N3O3S. The van der Waals surface area contributed by atoms with Crippen molar-refractivity contribution in [2.75, 3.05) is 10.6 Å². The molecule has 0 spiro atoms. The minimum absolute atomic E-state index is 0.0914. The van der Waals surface area contributed by atoms with Gasteiger partial charge in [-0.2, -0.15) is 0 Å². The normalized spacial score (nSPS) is 11.8. The Labute approximate surface area is 238 Å². The third kappa shape index (κ3) is 8.19. The van der Waals surface area contributed by atoms with Gasteiger partial charge in [-0.1, -0.05) is 65.7 Å². The second-order valence-electron chi connectivity index (χ2n) is 9.39. The second-order valence-corrected chi connectivity index (χ2v) is 10.8. The number of rotatable bonds is 9. The molecule has 3 N–H and O–H groups in total. The van der Waals surface area contributed by atoms with Crippen LogP contribution in [0.5, 0.6) is 0 Å². The fraction of sp³-hybridized carbons (Fsp3) is 0.121. The highest BCUT2D eigenvalue weighted by atomic mass is 32.2. The maximum Gasteiger partial charge on any atom is 0.272 e. The Hall–Kier alpha value is -4.62. The number of amides is 3. The summed E-state index contributed by atoms with van der Waals surface area (Å²) in [5.41, 5.74) is 4.86. The van der Waals surface area contributed by atoms with Gasteiger partial charge in [-0.25, -0.2) is 0 Å². The number of carbonyl (C=O) groups is 3. The summed E-state index contributed by atoms with van der Waals surface area (Å²) < 4.78 is 0.